The molecule has 0 aromatic heterocycles. The number of rotatable bonds is 4. The largest absolute Gasteiger partial charge is 0.468 e. The molecule has 2 rings (SSSR count). The Morgan fingerprint density at radius 2 is 2.25 bits per heavy atom. The summed E-state index contributed by atoms with van der Waals surface area (Å²) in [6, 6.07) is 5.16. The smallest absolute Gasteiger partial charge is 0.322 e. The van der Waals surface area contributed by atoms with Gasteiger partial charge in [-0.1, -0.05) is 6.07 Å². The zero-order valence-corrected chi connectivity index (χ0v) is 12.1. The lowest BCUT2D eigenvalue weighted by molar-refractivity contribution is -0.137. The predicted molar refractivity (Wildman–Crippen MR) is 75.5 cm³/mol. The van der Waals surface area contributed by atoms with Crippen LogP contribution in [0.25, 0.3) is 0 Å². The van der Waals surface area contributed by atoms with Crippen molar-refractivity contribution in [3.05, 3.63) is 29.3 Å². The molecule has 1 aromatic carbocycles. The highest BCUT2D eigenvalue weighted by Crippen LogP contribution is 2.31. The molecule has 0 saturated heterocycles. The third kappa shape index (κ3) is 3.49. The maximum Gasteiger partial charge on any atom is 0.322 e. The Morgan fingerprint density at radius 1 is 1.50 bits per heavy atom. The van der Waals surface area contributed by atoms with Crippen LogP contribution in [0.1, 0.15) is 30.0 Å². The van der Waals surface area contributed by atoms with E-state index in [0.717, 1.165) is 31.1 Å². The van der Waals surface area contributed by atoms with E-state index in [4.69, 9.17) is 5.73 Å². The molecule has 1 atom stereocenters. The van der Waals surface area contributed by atoms with Crippen molar-refractivity contribution in [3.8, 4) is 0 Å². The minimum Gasteiger partial charge on any atom is -0.468 e. The molecule has 1 aliphatic rings. The van der Waals surface area contributed by atoms with Crippen molar-refractivity contribution in [3.63, 3.8) is 0 Å². The maximum absolute atomic E-state index is 11.9. The summed E-state index contributed by atoms with van der Waals surface area (Å²) in [6.45, 7) is 0. The fourth-order valence-corrected chi connectivity index (χ4v) is 3.62. The highest BCUT2D eigenvalue weighted by atomic mass is 32.2. The number of carbonyl (C=O) groups excluding carboxylic acids is 1. The van der Waals surface area contributed by atoms with E-state index in [-0.39, 0.29) is 6.04 Å². The number of sulfonamides is 1. The number of hydrogen-bond donors (Lipinski definition) is 2. The van der Waals surface area contributed by atoms with Gasteiger partial charge in [0.2, 0.25) is 10.0 Å². The molecule has 0 amide bonds. The molecule has 1 aromatic rings. The Morgan fingerprint density at radius 3 is 2.95 bits per heavy atom. The number of benzene rings is 1. The Bertz CT molecular complexity index is 613. The van der Waals surface area contributed by atoms with Gasteiger partial charge in [0, 0.05) is 11.7 Å². The van der Waals surface area contributed by atoms with Crippen LogP contribution in [0.5, 0.6) is 0 Å². The van der Waals surface area contributed by atoms with Crippen molar-refractivity contribution in [1.29, 1.82) is 0 Å². The number of ether oxygens (including phenoxy) is 1. The van der Waals surface area contributed by atoms with Crippen LogP contribution in [0, 0.1) is 0 Å². The fraction of sp³-hybridized carbons (Fsp3) is 0.462. The summed E-state index contributed by atoms with van der Waals surface area (Å²) >= 11 is 0. The van der Waals surface area contributed by atoms with Gasteiger partial charge in [-0.2, -0.15) is 0 Å². The number of aryl methyl sites for hydroxylation is 1. The highest BCUT2D eigenvalue weighted by molar-refractivity contribution is 7.90. The Balaban J connectivity index is 2.18. The van der Waals surface area contributed by atoms with Gasteiger partial charge in [-0.25, -0.2) is 13.1 Å². The van der Waals surface area contributed by atoms with Crippen LogP contribution in [0.3, 0.4) is 0 Å². The lowest BCUT2D eigenvalue weighted by Gasteiger charge is -2.26. The first-order valence-electron chi connectivity index (χ1n) is 6.36. The van der Waals surface area contributed by atoms with Crippen molar-refractivity contribution in [1.82, 2.24) is 4.72 Å². The average molecular weight is 298 g/mol. The monoisotopic (exact) mass is 298 g/mol. The molecule has 0 fully saturated rings. The number of anilines is 1. The van der Waals surface area contributed by atoms with Gasteiger partial charge in [-0.05, 0) is 42.5 Å². The van der Waals surface area contributed by atoms with Crippen LogP contribution in [-0.2, 0) is 26.0 Å². The molecule has 20 heavy (non-hydrogen) atoms. The number of methoxy groups -OCH3 is 1. The molecule has 0 spiro atoms. The van der Waals surface area contributed by atoms with Gasteiger partial charge in [0.15, 0.2) is 5.75 Å². The van der Waals surface area contributed by atoms with Gasteiger partial charge in [0.05, 0.1) is 7.11 Å². The maximum atomic E-state index is 11.9. The zero-order chi connectivity index (χ0) is 14.8. The summed E-state index contributed by atoms with van der Waals surface area (Å²) in [5.41, 5.74) is 8.39. The molecule has 1 aliphatic carbocycles. The molecule has 0 saturated carbocycles. The van der Waals surface area contributed by atoms with Crippen LogP contribution < -0.4 is 10.5 Å². The molecule has 6 nitrogen and oxygen atoms in total. The van der Waals surface area contributed by atoms with Crippen molar-refractivity contribution in [2.75, 3.05) is 18.6 Å². The summed E-state index contributed by atoms with van der Waals surface area (Å²) in [4.78, 5) is 11.1. The number of fused-ring (bicyclic) bond motifs is 1. The van der Waals surface area contributed by atoms with Crippen LogP contribution >= 0.6 is 0 Å². The second kappa shape index (κ2) is 5.80. The molecule has 0 aliphatic heterocycles. The van der Waals surface area contributed by atoms with Crippen molar-refractivity contribution in [2.24, 2.45) is 0 Å². The summed E-state index contributed by atoms with van der Waals surface area (Å²) < 4.78 is 30.8. The molecule has 110 valence electrons. The summed E-state index contributed by atoms with van der Waals surface area (Å²) in [5.74, 6) is -1.43. The van der Waals surface area contributed by atoms with Crippen LogP contribution in [0.2, 0.25) is 0 Å². The van der Waals surface area contributed by atoms with Crippen LogP contribution in [0.4, 0.5) is 5.69 Å². The first kappa shape index (κ1) is 14.8. The number of hydrogen-bond acceptors (Lipinski definition) is 5. The second-order valence-corrected chi connectivity index (χ2v) is 6.61. The minimum atomic E-state index is -3.70. The SMILES string of the molecule is COC(=O)CS(=O)(=O)NC1CCCc2cc(N)ccc21. The predicted octanol–water partition coefficient (Wildman–Crippen LogP) is 0.739. The first-order chi connectivity index (χ1) is 9.41. The van der Waals surface area contributed by atoms with Gasteiger partial charge in [-0.15, -0.1) is 0 Å². The fourth-order valence-electron chi connectivity index (χ4n) is 2.43. The van der Waals surface area contributed by atoms with E-state index < -0.39 is 21.7 Å². The van der Waals surface area contributed by atoms with E-state index in [1.54, 1.807) is 6.07 Å². The summed E-state index contributed by atoms with van der Waals surface area (Å²) in [6.07, 6.45) is 2.47. The van der Waals surface area contributed by atoms with Crippen molar-refractivity contribution < 1.29 is 17.9 Å². The van der Waals surface area contributed by atoms with E-state index in [2.05, 4.69) is 9.46 Å². The Hall–Kier alpha value is -1.60. The summed E-state index contributed by atoms with van der Waals surface area (Å²) in [5, 5.41) is 0. The quantitative estimate of drug-likeness (QED) is 0.631. The topological polar surface area (TPSA) is 98.5 Å². The average Bonchev–Trinajstić information content (AvgIpc) is 2.37. The van der Waals surface area contributed by atoms with E-state index in [1.807, 2.05) is 12.1 Å². The summed E-state index contributed by atoms with van der Waals surface area (Å²) in [7, 11) is -2.54. The second-order valence-electron chi connectivity index (χ2n) is 4.86. The third-order valence-electron chi connectivity index (χ3n) is 3.34. The number of nitrogens with two attached hydrogens (primary N) is 1. The van der Waals surface area contributed by atoms with Crippen molar-refractivity contribution in [2.45, 2.75) is 25.3 Å². The normalized spacial score (nSPS) is 18.4. The number of esters is 1. The molecular weight excluding hydrogens is 280 g/mol. The zero-order valence-electron chi connectivity index (χ0n) is 11.3. The molecule has 0 heterocycles. The Labute approximate surface area is 118 Å². The third-order valence-corrected chi connectivity index (χ3v) is 4.60. The Kier molecular flexibility index (Phi) is 4.29. The number of carbonyl (C=O) groups is 1. The molecule has 7 heteroatoms. The lowest BCUT2D eigenvalue weighted by atomic mass is 9.88. The highest BCUT2D eigenvalue weighted by Gasteiger charge is 2.26. The van der Waals surface area contributed by atoms with Crippen LogP contribution in [0.15, 0.2) is 18.2 Å². The van der Waals surface area contributed by atoms with E-state index in [0.29, 0.717) is 12.1 Å². The van der Waals surface area contributed by atoms with E-state index in [1.165, 1.54) is 0 Å². The van der Waals surface area contributed by atoms with Gasteiger partial charge in [-0.3, -0.25) is 4.79 Å². The van der Waals surface area contributed by atoms with Gasteiger partial charge >= 0.3 is 5.97 Å². The number of nitrogen functional groups attached to an aromatic ring is 1. The molecular formula is C13H18N2O4S. The number of nitrogens with one attached hydrogen (secondary N) is 1. The minimum absolute atomic E-state index is 0.311. The first-order valence-corrected chi connectivity index (χ1v) is 8.01. The molecule has 0 bridgehead atoms. The molecule has 1 unspecified atom stereocenters. The van der Waals surface area contributed by atoms with E-state index >= 15 is 0 Å². The van der Waals surface area contributed by atoms with Crippen molar-refractivity contribution >= 4 is 21.7 Å². The van der Waals surface area contributed by atoms with Gasteiger partial charge < -0.3 is 10.5 Å². The molecule has 0 radical (unpaired) electrons. The van der Waals surface area contributed by atoms with Gasteiger partial charge in [0.25, 0.3) is 0 Å². The molecule has 3 N–H and O–H groups in total. The standard InChI is InChI=1S/C13H18N2O4S/c1-19-13(16)8-20(17,18)15-12-4-2-3-9-7-10(14)5-6-11(9)12/h5-7,12,15H,2-4,8,14H2,1H3. The van der Waals surface area contributed by atoms with Crippen LogP contribution in [-0.4, -0.2) is 27.2 Å². The van der Waals surface area contributed by atoms with Gasteiger partial charge in [0.1, 0.15) is 0 Å². The van der Waals surface area contributed by atoms with E-state index in [9.17, 15) is 13.2 Å². The lowest BCUT2D eigenvalue weighted by Crippen LogP contribution is -2.35.